The van der Waals surface area contributed by atoms with Crippen molar-refractivity contribution in [3.63, 3.8) is 0 Å². The number of aromatic nitrogens is 1. The fraction of sp³-hybridized carbons (Fsp3) is 0.273. The molecule has 1 aromatic rings. The molecule has 0 bridgehead atoms. The van der Waals surface area contributed by atoms with Gasteiger partial charge in [-0.25, -0.2) is 0 Å². The minimum atomic E-state index is 0.954. The minimum Gasteiger partial charge on any atom is -0.261 e. The van der Waals surface area contributed by atoms with Crippen LogP contribution in [0.5, 0.6) is 0 Å². The van der Waals surface area contributed by atoms with Crippen molar-refractivity contribution in [2.45, 2.75) is 20.3 Å². The predicted octanol–water partition coefficient (Wildman–Crippen LogP) is 2.83. The summed E-state index contributed by atoms with van der Waals surface area (Å²) in [4.78, 5) is 4.28. The molecule has 0 spiro atoms. The van der Waals surface area contributed by atoms with E-state index < -0.39 is 0 Å². The molecule has 1 heteroatoms. The van der Waals surface area contributed by atoms with Crippen LogP contribution in [0.2, 0.25) is 0 Å². The van der Waals surface area contributed by atoms with E-state index in [4.69, 9.17) is 0 Å². The molecule has 0 aliphatic heterocycles. The van der Waals surface area contributed by atoms with Gasteiger partial charge in [-0.1, -0.05) is 19.6 Å². The summed E-state index contributed by atoms with van der Waals surface area (Å²) in [5, 5.41) is 0. The molecule has 62 valence electrons. The molecular weight excluding hydrogens is 146 g/mol. The molecule has 0 amide bonds. The monoisotopic (exact) mass is 159 g/mol. The van der Waals surface area contributed by atoms with Gasteiger partial charge < -0.3 is 0 Å². The van der Waals surface area contributed by atoms with Gasteiger partial charge in [0.25, 0.3) is 0 Å². The van der Waals surface area contributed by atoms with Crippen LogP contribution in [0.4, 0.5) is 0 Å². The van der Waals surface area contributed by atoms with Crippen LogP contribution in [0.15, 0.2) is 30.6 Å². The SMILES string of the molecule is C=C=C(C)c1cccnc1CC. The molecule has 1 nitrogen and oxygen atoms in total. The summed E-state index contributed by atoms with van der Waals surface area (Å²) in [6, 6.07) is 3.99. The zero-order chi connectivity index (χ0) is 8.97. The lowest BCUT2D eigenvalue weighted by Gasteiger charge is -2.03. The highest BCUT2D eigenvalue weighted by atomic mass is 14.7. The van der Waals surface area contributed by atoms with E-state index in [1.54, 1.807) is 0 Å². The molecule has 1 rings (SSSR count). The highest BCUT2D eigenvalue weighted by Crippen LogP contribution is 2.15. The molecule has 0 N–H and O–H groups in total. The van der Waals surface area contributed by atoms with Gasteiger partial charge in [0.2, 0.25) is 0 Å². The van der Waals surface area contributed by atoms with E-state index in [1.807, 2.05) is 19.2 Å². The molecule has 0 unspecified atom stereocenters. The summed E-state index contributed by atoms with van der Waals surface area (Å²) in [5.41, 5.74) is 6.23. The Balaban J connectivity index is 3.22. The van der Waals surface area contributed by atoms with E-state index >= 15 is 0 Å². The molecule has 0 saturated heterocycles. The maximum Gasteiger partial charge on any atom is 0.0481 e. The van der Waals surface area contributed by atoms with E-state index in [0.29, 0.717) is 0 Å². The largest absolute Gasteiger partial charge is 0.261 e. The van der Waals surface area contributed by atoms with Crippen LogP contribution in [0.3, 0.4) is 0 Å². The lowest BCUT2D eigenvalue weighted by atomic mass is 10.1. The van der Waals surface area contributed by atoms with Gasteiger partial charge in [-0.15, -0.1) is 5.73 Å². The first-order valence-corrected chi connectivity index (χ1v) is 4.10. The summed E-state index contributed by atoms with van der Waals surface area (Å²) in [5.74, 6) is 0. The third kappa shape index (κ3) is 1.63. The number of nitrogens with zero attached hydrogens (tertiary/aromatic N) is 1. The van der Waals surface area contributed by atoms with Crippen molar-refractivity contribution in [3.05, 3.63) is 41.9 Å². The Morgan fingerprint density at radius 3 is 3.00 bits per heavy atom. The Kier molecular flexibility index (Phi) is 2.84. The van der Waals surface area contributed by atoms with Gasteiger partial charge in [0.05, 0.1) is 0 Å². The second-order valence-electron chi connectivity index (χ2n) is 2.65. The number of allylic oxidation sites excluding steroid dienone is 1. The molecule has 1 heterocycles. The maximum absolute atomic E-state index is 4.28. The van der Waals surface area contributed by atoms with Gasteiger partial charge in [-0.05, 0) is 25.0 Å². The van der Waals surface area contributed by atoms with Gasteiger partial charge in [-0.2, -0.15) is 0 Å². The van der Waals surface area contributed by atoms with Crippen LogP contribution >= 0.6 is 0 Å². The number of rotatable bonds is 2. The Morgan fingerprint density at radius 2 is 2.42 bits per heavy atom. The van der Waals surface area contributed by atoms with Crippen LogP contribution in [0, 0.1) is 0 Å². The molecule has 12 heavy (non-hydrogen) atoms. The predicted molar refractivity (Wildman–Crippen MR) is 51.8 cm³/mol. The van der Waals surface area contributed by atoms with E-state index in [9.17, 15) is 0 Å². The third-order valence-corrected chi connectivity index (χ3v) is 1.89. The van der Waals surface area contributed by atoms with Crippen LogP contribution in [-0.4, -0.2) is 4.98 Å². The van der Waals surface area contributed by atoms with Crippen molar-refractivity contribution in [2.75, 3.05) is 0 Å². The average Bonchev–Trinajstić information content (AvgIpc) is 2.16. The molecular formula is C11H13N. The van der Waals surface area contributed by atoms with E-state index in [-0.39, 0.29) is 0 Å². The second kappa shape index (κ2) is 3.89. The van der Waals surface area contributed by atoms with Crippen molar-refractivity contribution in [2.24, 2.45) is 0 Å². The first-order chi connectivity index (χ1) is 5.79. The molecule has 1 aromatic heterocycles. The summed E-state index contributed by atoms with van der Waals surface area (Å²) in [6.45, 7) is 7.73. The topological polar surface area (TPSA) is 12.9 Å². The molecule has 0 radical (unpaired) electrons. The Bertz CT molecular complexity index is 320. The molecule has 0 saturated carbocycles. The molecule has 0 atom stereocenters. The van der Waals surface area contributed by atoms with Crippen LogP contribution in [0.25, 0.3) is 5.57 Å². The molecule has 0 fully saturated rings. The zero-order valence-corrected chi connectivity index (χ0v) is 7.59. The Morgan fingerprint density at radius 1 is 1.67 bits per heavy atom. The molecule has 0 aliphatic rings. The number of hydrogen-bond donors (Lipinski definition) is 0. The highest BCUT2D eigenvalue weighted by Gasteiger charge is 2.00. The van der Waals surface area contributed by atoms with E-state index in [2.05, 4.69) is 30.3 Å². The average molecular weight is 159 g/mol. The van der Waals surface area contributed by atoms with Gasteiger partial charge in [-0.3, -0.25) is 4.98 Å². The van der Waals surface area contributed by atoms with Crippen LogP contribution in [-0.2, 0) is 6.42 Å². The maximum atomic E-state index is 4.28. The fourth-order valence-electron chi connectivity index (χ4n) is 1.16. The third-order valence-electron chi connectivity index (χ3n) is 1.89. The van der Waals surface area contributed by atoms with Gasteiger partial charge >= 0.3 is 0 Å². The minimum absolute atomic E-state index is 0.954. The van der Waals surface area contributed by atoms with E-state index in [0.717, 1.165) is 23.3 Å². The van der Waals surface area contributed by atoms with Crippen molar-refractivity contribution < 1.29 is 0 Å². The number of aryl methyl sites for hydroxylation is 1. The molecule has 0 aliphatic carbocycles. The summed E-state index contributed by atoms with van der Waals surface area (Å²) < 4.78 is 0. The standard InChI is InChI=1S/C11H13N/c1-4-9(3)10-7-6-8-12-11(10)5-2/h6-8H,1,5H2,2-3H3. The van der Waals surface area contributed by atoms with Gasteiger partial charge in [0, 0.05) is 17.5 Å². The summed E-state index contributed by atoms with van der Waals surface area (Å²) in [6.07, 6.45) is 2.77. The van der Waals surface area contributed by atoms with Crippen LogP contribution < -0.4 is 0 Å². The first kappa shape index (κ1) is 8.76. The first-order valence-electron chi connectivity index (χ1n) is 4.10. The van der Waals surface area contributed by atoms with Crippen molar-refractivity contribution in [1.82, 2.24) is 4.98 Å². The molecule has 0 aromatic carbocycles. The lowest BCUT2D eigenvalue weighted by Crippen LogP contribution is -1.92. The zero-order valence-electron chi connectivity index (χ0n) is 7.59. The number of hydrogen-bond acceptors (Lipinski definition) is 1. The van der Waals surface area contributed by atoms with Crippen molar-refractivity contribution in [1.29, 1.82) is 0 Å². The highest BCUT2D eigenvalue weighted by molar-refractivity contribution is 5.64. The number of pyridine rings is 1. The fourth-order valence-corrected chi connectivity index (χ4v) is 1.16. The van der Waals surface area contributed by atoms with Gasteiger partial charge in [0.15, 0.2) is 0 Å². The van der Waals surface area contributed by atoms with E-state index in [1.165, 1.54) is 0 Å². The second-order valence-corrected chi connectivity index (χ2v) is 2.65. The van der Waals surface area contributed by atoms with Gasteiger partial charge in [0.1, 0.15) is 0 Å². The van der Waals surface area contributed by atoms with Crippen molar-refractivity contribution in [3.8, 4) is 0 Å². The van der Waals surface area contributed by atoms with Crippen molar-refractivity contribution >= 4 is 5.57 Å². The quantitative estimate of drug-likeness (QED) is 0.605. The Hall–Kier alpha value is -1.33. The smallest absolute Gasteiger partial charge is 0.0481 e. The Labute approximate surface area is 73.5 Å². The lowest BCUT2D eigenvalue weighted by molar-refractivity contribution is 1.02. The normalized spacial score (nSPS) is 9.17. The summed E-state index contributed by atoms with van der Waals surface area (Å²) >= 11 is 0. The van der Waals surface area contributed by atoms with Crippen LogP contribution in [0.1, 0.15) is 25.1 Å². The summed E-state index contributed by atoms with van der Waals surface area (Å²) in [7, 11) is 0.